The summed E-state index contributed by atoms with van der Waals surface area (Å²) < 4.78 is 5.24. The lowest BCUT2D eigenvalue weighted by atomic mass is 10.3. The Morgan fingerprint density at radius 3 is 2.76 bits per heavy atom. The molecule has 1 amide bonds. The number of nitrogens with zero attached hydrogens (tertiary/aromatic N) is 1. The van der Waals surface area contributed by atoms with Gasteiger partial charge in [-0.3, -0.25) is 9.78 Å². The zero-order valence-electron chi connectivity index (χ0n) is 12.0. The van der Waals surface area contributed by atoms with Crippen LogP contribution in [-0.4, -0.2) is 24.5 Å². The summed E-state index contributed by atoms with van der Waals surface area (Å²) in [5.41, 5.74) is 1.74. The maximum Gasteiger partial charge on any atom is 0.222 e. The van der Waals surface area contributed by atoms with Crippen molar-refractivity contribution in [1.29, 1.82) is 0 Å². The van der Waals surface area contributed by atoms with Gasteiger partial charge in [-0.1, -0.05) is 18.2 Å². The number of ether oxygens (including phenoxy) is 1. The van der Waals surface area contributed by atoms with Crippen LogP contribution in [0.1, 0.15) is 12.1 Å². The predicted molar refractivity (Wildman–Crippen MR) is 82.2 cm³/mol. The van der Waals surface area contributed by atoms with Crippen molar-refractivity contribution >= 4 is 11.6 Å². The zero-order valence-corrected chi connectivity index (χ0v) is 12.0. The Kier molecular flexibility index (Phi) is 5.58. The first-order valence-corrected chi connectivity index (χ1v) is 6.83. The molecule has 21 heavy (non-hydrogen) atoms. The average Bonchev–Trinajstić information content (AvgIpc) is 2.54. The standard InChI is InChI=1S/C16H19N3O2/c1-21-15-8-3-2-7-14(15)18-11-9-16(20)19-12-13-6-4-5-10-17-13/h2-8,10,18H,9,11-12H2,1H3,(H,19,20). The smallest absolute Gasteiger partial charge is 0.222 e. The first-order valence-electron chi connectivity index (χ1n) is 6.83. The second kappa shape index (κ2) is 7.89. The number of nitrogens with one attached hydrogen (secondary N) is 2. The monoisotopic (exact) mass is 285 g/mol. The van der Waals surface area contributed by atoms with E-state index in [0.29, 0.717) is 19.5 Å². The molecule has 5 nitrogen and oxygen atoms in total. The van der Waals surface area contributed by atoms with Crippen LogP contribution in [0.4, 0.5) is 5.69 Å². The number of para-hydroxylation sites is 2. The lowest BCUT2D eigenvalue weighted by Gasteiger charge is -2.10. The van der Waals surface area contributed by atoms with E-state index in [1.807, 2.05) is 42.5 Å². The number of rotatable bonds is 7. The molecule has 0 aliphatic heterocycles. The Hall–Kier alpha value is -2.56. The maximum absolute atomic E-state index is 11.8. The van der Waals surface area contributed by atoms with Gasteiger partial charge in [0.25, 0.3) is 0 Å². The van der Waals surface area contributed by atoms with Crippen LogP contribution in [0.5, 0.6) is 5.75 Å². The van der Waals surface area contributed by atoms with Gasteiger partial charge in [-0.2, -0.15) is 0 Å². The van der Waals surface area contributed by atoms with E-state index in [1.54, 1.807) is 13.3 Å². The van der Waals surface area contributed by atoms with E-state index in [1.165, 1.54) is 0 Å². The van der Waals surface area contributed by atoms with Gasteiger partial charge in [0, 0.05) is 19.2 Å². The van der Waals surface area contributed by atoms with Crippen molar-refractivity contribution in [2.24, 2.45) is 0 Å². The van der Waals surface area contributed by atoms with Crippen molar-refractivity contribution in [2.75, 3.05) is 19.0 Å². The van der Waals surface area contributed by atoms with Crippen LogP contribution in [0.25, 0.3) is 0 Å². The number of carbonyl (C=O) groups excluding carboxylic acids is 1. The second-order valence-electron chi connectivity index (χ2n) is 4.47. The molecule has 2 rings (SSSR count). The molecule has 1 aromatic heterocycles. The number of amides is 1. The zero-order chi connectivity index (χ0) is 14.9. The molecule has 0 spiro atoms. The molecule has 0 saturated carbocycles. The fraction of sp³-hybridized carbons (Fsp3) is 0.250. The Morgan fingerprint density at radius 2 is 2.00 bits per heavy atom. The molecular formula is C16H19N3O2. The van der Waals surface area contributed by atoms with Gasteiger partial charge in [0.05, 0.1) is 25.0 Å². The molecule has 2 aromatic rings. The topological polar surface area (TPSA) is 63.2 Å². The molecule has 2 N–H and O–H groups in total. The van der Waals surface area contributed by atoms with Gasteiger partial charge in [-0.15, -0.1) is 0 Å². The van der Waals surface area contributed by atoms with Gasteiger partial charge in [0.2, 0.25) is 5.91 Å². The highest BCUT2D eigenvalue weighted by Crippen LogP contribution is 2.22. The molecule has 0 bridgehead atoms. The summed E-state index contributed by atoms with van der Waals surface area (Å²) in [6.45, 7) is 1.00. The highest BCUT2D eigenvalue weighted by molar-refractivity contribution is 5.76. The molecule has 1 aromatic carbocycles. The van der Waals surface area contributed by atoms with Gasteiger partial charge < -0.3 is 15.4 Å². The molecule has 5 heteroatoms. The van der Waals surface area contributed by atoms with E-state index in [0.717, 1.165) is 17.1 Å². The average molecular weight is 285 g/mol. The van der Waals surface area contributed by atoms with Crippen molar-refractivity contribution in [2.45, 2.75) is 13.0 Å². The predicted octanol–water partition coefficient (Wildman–Crippen LogP) is 2.21. The number of hydrogen-bond acceptors (Lipinski definition) is 4. The summed E-state index contributed by atoms with van der Waals surface area (Å²) in [5.74, 6) is 0.759. The van der Waals surface area contributed by atoms with Gasteiger partial charge in [0.1, 0.15) is 5.75 Å². The molecule has 0 radical (unpaired) electrons. The van der Waals surface area contributed by atoms with Crippen molar-refractivity contribution < 1.29 is 9.53 Å². The summed E-state index contributed by atoms with van der Waals surface area (Å²) in [4.78, 5) is 15.9. The minimum absolute atomic E-state index is 0.0111. The lowest BCUT2D eigenvalue weighted by Crippen LogP contribution is -2.25. The maximum atomic E-state index is 11.8. The second-order valence-corrected chi connectivity index (χ2v) is 4.47. The highest BCUT2D eigenvalue weighted by Gasteiger charge is 2.04. The number of methoxy groups -OCH3 is 1. The molecule has 0 fully saturated rings. The van der Waals surface area contributed by atoms with Crippen LogP contribution in [0.15, 0.2) is 48.7 Å². The van der Waals surface area contributed by atoms with Crippen LogP contribution >= 0.6 is 0 Å². The summed E-state index contributed by atoms with van der Waals surface area (Å²) in [7, 11) is 1.63. The Balaban J connectivity index is 1.72. The first kappa shape index (κ1) is 14.8. The molecule has 0 unspecified atom stereocenters. The minimum Gasteiger partial charge on any atom is -0.495 e. The van der Waals surface area contributed by atoms with Crippen molar-refractivity contribution in [1.82, 2.24) is 10.3 Å². The Bertz CT molecular complexity index is 573. The fourth-order valence-corrected chi connectivity index (χ4v) is 1.88. The molecule has 110 valence electrons. The number of pyridine rings is 1. The molecule has 1 heterocycles. The number of hydrogen-bond donors (Lipinski definition) is 2. The SMILES string of the molecule is COc1ccccc1NCCC(=O)NCc1ccccn1. The summed E-state index contributed by atoms with van der Waals surface area (Å²) >= 11 is 0. The molecular weight excluding hydrogens is 266 g/mol. The number of aromatic nitrogens is 1. The highest BCUT2D eigenvalue weighted by atomic mass is 16.5. The van der Waals surface area contributed by atoms with E-state index in [4.69, 9.17) is 4.74 Å². The number of benzene rings is 1. The Labute approximate surface area is 124 Å². The molecule has 0 atom stereocenters. The van der Waals surface area contributed by atoms with Crippen molar-refractivity contribution in [3.8, 4) is 5.75 Å². The Morgan fingerprint density at radius 1 is 1.19 bits per heavy atom. The van der Waals surface area contributed by atoms with E-state index < -0.39 is 0 Å². The third-order valence-electron chi connectivity index (χ3n) is 2.97. The van der Waals surface area contributed by atoms with Gasteiger partial charge in [-0.25, -0.2) is 0 Å². The van der Waals surface area contributed by atoms with E-state index in [2.05, 4.69) is 15.6 Å². The van der Waals surface area contributed by atoms with Crippen LogP contribution in [-0.2, 0) is 11.3 Å². The summed E-state index contributed by atoms with van der Waals surface area (Å²) in [6.07, 6.45) is 2.11. The van der Waals surface area contributed by atoms with Crippen molar-refractivity contribution in [3.05, 3.63) is 54.4 Å². The minimum atomic E-state index is -0.0111. The third kappa shape index (κ3) is 4.80. The summed E-state index contributed by atoms with van der Waals surface area (Å²) in [6, 6.07) is 13.3. The van der Waals surface area contributed by atoms with E-state index >= 15 is 0 Å². The van der Waals surface area contributed by atoms with E-state index in [-0.39, 0.29) is 5.91 Å². The van der Waals surface area contributed by atoms with Crippen molar-refractivity contribution in [3.63, 3.8) is 0 Å². The van der Waals surface area contributed by atoms with Crippen LogP contribution in [0.3, 0.4) is 0 Å². The normalized spacial score (nSPS) is 9.95. The van der Waals surface area contributed by atoms with Crippen LogP contribution < -0.4 is 15.4 Å². The third-order valence-corrected chi connectivity index (χ3v) is 2.97. The molecule has 0 aliphatic rings. The van der Waals surface area contributed by atoms with Gasteiger partial charge in [0.15, 0.2) is 0 Å². The quantitative estimate of drug-likeness (QED) is 0.818. The van der Waals surface area contributed by atoms with Gasteiger partial charge in [-0.05, 0) is 24.3 Å². The van der Waals surface area contributed by atoms with Crippen LogP contribution in [0, 0.1) is 0 Å². The lowest BCUT2D eigenvalue weighted by molar-refractivity contribution is -0.121. The first-order chi connectivity index (χ1) is 10.3. The van der Waals surface area contributed by atoms with Crippen LogP contribution in [0.2, 0.25) is 0 Å². The summed E-state index contributed by atoms with van der Waals surface area (Å²) in [5, 5.41) is 6.03. The fourth-order valence-electron chi connectivity index (χ4n) is 1.88. The van der Waals surface area contributed by atoms with E-state index in [9.17, 15) is 4.79 Å². The van der Waals surface area contributed by atoms with Gasteiger partial charge >= 0.3 is 0 Å². The number of carbonyl (C=O) groups is 1. The largest absolute Gasteiger partial charge is 0.495 e. The molecule has 0 saturated heterocycles. The number of anilines is 1. The molecule has 0 aliphatic carbocycles.